The number of rotatable bonds is 6. The van der Waals surface area contributed by atoms with E-state index in [1.54, 1.807) is 19.1 Å². The molecule has 1 N–H and O–H groups in total. The van der Waals surface area contributed by atoms with Gasteiger partial charge in [-0.2, -0.15) is 0 Å². The van der Waals surface area contributed by atoms with Crippen LogP contribution in [0.2, 0.25) is 0 Å². The van der Waals surface area contributed by atoms with Crippen molar-refractivity contribution in [2.75, 3.05) is 5.94 Å². The third-order valence-corrected chi connectivity index (χ3v) is 4.16. The van der Waals surface area contributed by atoms with Crippen LogP contribution in [0.1, 0.15) is 21.5 Å². The minimum absolute atomic E-state index is 0.0387. The van der Waals surface area contributed by atoms with Gasteiger partial charge in [-0.3, -0.25) is 4.21 Å². The molecular weight excluding hydrogens is 288 g/mol. The van der Waals surface area contributed by atoms with E-state index in [0.717, 1.165) is 5.56 Å². The lowest BCUT2D eigenvalue weighted by atomic mass is 10.1. The van der Waals surface area contributed by atoms with Gasteiger partial charge in [0.05, 0.1) is 23.0 Å². The normalized spacial score (nSPS) is 12.0. The smallest absolute Gasteiger partial charge is 0.335 e. The molecule has 0 amide bonds. The molecule has 0 aliphatic heterocycles. The van der Waals surface area contributed by atoms with Crippen LogP contribution in [0.15, 0.2) is 53.4 Å². The van der Waals surface area contributed by atoms with Crippen molar-refractivity contribution in [2.45, 2.75) is 18.4 Å². The van der Waals surface area contributed by atoms with Crippen molar-refractivity contribution >= 4 is 16.8 Å². The molecule has 0 fully saturated rings. The summed E-state index contributed by atoms with van der Waals surface area (Å²) in [5.41, 5.74) is 1.82. The lowest BCUT2D eigenvalue weighted by Gasteiger charge is -2.07. The first-order chi connectivity index (χ1) is 10.1. The van der Waals surface area contributed by atoms with Crippen molar-refractivity contribution in [1.29, 1.82) is 0 Å². The van der Waals surface area contributed by atoms with E-state index in [9.17, 15) is 9.00 Å². The zero-order valence-electron chi connectivity index (χ0n) is 11.6. The first kappa shape index (κ1) is 15.4. The fraction of sp³-hybridized carbons (Fsp3) is 0.188. The van der Waals surface area contributed by atoms with E-state index >= 15 is 0 Å². The summed E-state index contributed by atoms with van der Waals surface area (Å²) in [5.74, 6) is -0.978. The summed E-state index contributed by atoms with van der Waals surface area (Å²) in [6.45, 7) is 2.09. The molecule has 2 rings (SSSR count). The summed E-state index contributed by atoms with van der Waals surface area (Å²) in [5, 5.41) is 9.07. The molecule has 21 heavy (non-hydrogen) atoms. The second kappa shape index (κ2) is 7.15. The Balaban J connectivity index is 1.97. The standard InChI is InChI=1S/C16H16O4S/c1-12-7-8-14(9-15(12)16(17)18)21(19)11-20-10-13-5-3-2-4-6-13/h2-9H,10-11H2,1H3,(H,17,18). The van der Waals surface area contributed by atoms with Crippen LogP contribution in [0.4, 0.5) is 0 Å². The number of hydrogen-bond acceptors (Lipinski definition) is 3. The van der Waals surface area contributed by atoms with Gasteiger partial charge in [-0.05, 0) is 30.2 Å². The van der Waals surface area contributed by atoms with E-state index in [-0.39, 0.29) is 11.5 Å². The Labute approximate surface area is 125 Å². The molecule has 4 nitrogen and oxygen atoms in total. The predicted octanol–water partition coefficient (Wildman–Crippen LogP) is 2.98. The largest absolute Gasteiger partial charge is 0.478 e. The number of aryl methyl sites for hydroxylation is 1. The second-order valence-corrected chi connectivity index (χ2v) is 5.98. The van der Waals surface area contributed by atoms with Crippen molar-refractivity contribution in [3.63, 3.8) is 0 Å². The van der Waals surface area contributed by atoms with E-state index in [1.807, 2.05) is 30.3 Å². The molecule has 0 radical (unpaired) electrons. The topological polar surface area (TPSA) is 63.6 Å². The van der Waals surface area contributed by atoms with Gasteiger partial charge in [0.2, 0.25) is 0 Å². The SMILES string of the molecule is Cc1ccc(S(=O)COCc2ccccc2)cc1C(=O)O. The summed E-state index contributed by atoms with van der Waals surface area (Å²) < 4.78 is 17.5. The Hall–Kier alpha value is -1.98. The van der Waals surface area contributed by atoms with Gasteiger partial charge in [0.25, 0.3) is 0 Å². The number of carboxylic acids is 1. The highest BCUT2D eigenvalue weighted by molar-refractivity contribution is 7.84. The minimum atomic E-state index is -1.38. The van der Waals surface area contributed by atoms with E-state index in [4.69, 9.17) is 9.84 Å². The number of carbonyl (C=O) groups is 1. The maximum Gasteiger partial charge on any atom is 0.335 e. The van der Waals surface area contributed by atoms with Crippen LogP contribution in [0.5, 0.6) is 0 Å². The van der Waals surface area contributed by atoms with Crippen molar-refractivity contribution < 1.29 is 18.8 Å². The van der Waals surface area contributed by atoms with Crippen LogP contribution in [0.3, 0.4) is 0 Å². The predicted molar refractivity (Wildman–Crippen MR) is 80.6 cm³/mol. The van der Waals surface area contributed by atoms with E-state index in [2.05, 4.69) is 0 Å². The Morgan fingerprint density at radius 2 is 1.90 bits per heavy atom. The fourth-order valence-corrected chi connectivity index (χ4v) is 2.69. The molecule has 0 saturated heterocycles. The third-order valence-electron chi connectivity index (χ3n) is 3.00. The molecule has 0 aromatic heterocycles. The Morgan fingerprint density at radius 3 is 2.57 bits per heavy atom. The lowest BCUT2D eigenvalue weighted by Crippen LogP contribution is -2.06. The Morgan fingerprint density at radius 1 is 1.19 bits per heavy atom. The van der Waals surface area contributed by atoms with Crippen LogP contribution < -0.4 is 0 Å². The van der Waals surface area contributed by atoms with E-state index in [1.165, 1.54) is 6.07 Å². The zero-order chi connectivity index (χ0) is 15.2. The summed E-state index contributed by atoms with van der Waals surface area (Å²) in [7, 11) is -1.38. The van der Waals surface area contributed by atoms with Crippen LogP contribution in [-0.2, 0) is 22.1 Å². The highest BCUT2D eigenvalue weighted by Crippen LogP contribution is 2.15. The van der Waals surface area contributed by atoms with Gasteiger partial charge in [-0.1, -0.05) is 36.4 Å². The molecule has 2 aromatic carbocycles. The van der Waals surface area contributed by atoms with Gasteiger partial charge in [0.15, 0.2) is 0 Å². The van der Waals surface area contributed by atoms with Gasteiger partial charge in [-0.15, -0.1) is 0 Å². The first-order valence-corrected chi connectivity index (χ1v) is 7.74. The van der Waals surface area contributed by atoms with Gasteiger partial charge < -0.3 is 9.84 Å². The number of hydrogen-bond donors (Lipinski definition) is 1. The Bertz CT molecular complexity index is 653. The number of aromatic carboxylic acids is 1. The van der Waals surface area contributed by atoms with Gasteiger partial charge in [0.1, 0.15) is 5.94 Å². The quantitative estimate of drug-likeness (QED) is 0.891. The number of benzene rings is 2. The minimum Gasteiger partial charge on any atom is -0.478 e. The first-order valence-electron chi connectivity index (χ1n) is 6.42. The maximum atomic E-state index is 12.1. The average molecular weight is 304 g/mol. The van der Waals surface area contributed by atoms with Gasteiger partial charge in [-0.25, -0.2) is 4.79 Å². The maximum absolute atomic E-state index is 12.1. The molecule has 110 valence electrons. The van der Waals surface area contributed by atoms with Gasteiger partial charge in [0, 0.05) is 4.90 Å². The zero-order valence-corrected chi connectivity index (χ0v) is 12.4. The lowest BCUT2D eigenvalue weighted by molar-refractivity contribution is 0.0696. The Kier molecular flexibility index (Phi) is 5.25. The average Bonchev–Trinajstić information content (AvgIpc) is 2.48. The van der Waals surface area contributed by atoms with Crippen LogP contribution in [0, 0.1) is 6.92 Å². The second-order valence-electron chi connectivity index (χ2n) is 4.58. The third kappa shape index (κ3) is 4.24. The molecule has 5 heteroatoms. The van der Waals surface area contributed by atoms with E-state index in [0.29, 0.717) is 17.1 Å². The molecule has 1 unspecified atom stereocenters. The molecule has 0 aliphatic rings. The molecule has 0 bridgehead atoms. The summed E-state index contributed by atoms with van der Waals surface area (Å²) in [4.78, 5) is 11.5. The summed E-state index contributed by atoms with van der Waals surface area (Å²) in [6.07, 6.45) is 0. The summed E-state index contributed by atoms with van der Waals surface area (Å²) in [6, 6.07) is 14.4. The molecule has 2 aromatic rings. The molecule has 0 saturated carbocycles. The highest BCUT2D eigenvalue weighted by atomic mass is 32.2. The molecule has 1 atom stereocenters. The molecule has 0 heterocycles. The van der Waals surface area contributed by atoms with Crippen LogP contribution in [-0.4, -0.2) is 21.2 Å². The molecule has 0 aliphatic carbocycles. The van der Waals surface area contributed by atoms with Crippen molar-refractivity contribution in [2.24, 2.45) is 0 Å². The van der Waals surface area contributed by atoms with Crippen LogP contribution in [0.25, 0.3) is 0 Å². The monoisotopic (exact) mass is 304 g/mol. The number of ether oxygens (including phenoxy) is 1. The van der Waals surface area contributed by atoms with E-state index < -0.39 is 16.8 Å². The fourth-order valence-electron chi connectivity index (χ4n) is 1.85. The van der Waals surface area contributed by atoms with Crippen LogP contribution >= 0.6 is 0 Å². The van der Waals surface area contributed by atoms with Crippen molar-refractivity contribution in [1.82, 2.24) is 0 Å². The number of carboxylic acid groups (broad SMARTS) is 1. The van der Waals surface area contributed by atoms with Crippen molar-refractivity contribution in [3.05, 3.63) is 65.2 Å². The van der Waals surface area contributed by atoms with Gasteiger partial charge >= 0.3 is 5.97 Å². The summed E-state index contributed by atoms with van der Waals surface area (Å²) >= 11 is 0. The molecule has 0 spiro atoms. The highest BCUT2D eigenvalue weighted by Gasteiger charge is 2.11. The van der Waals surface area contributed by atoms with Crippen molar-refractivity contribution in [3.8, 4) is 0 Å². The molecular formula is C16H16O4S.